The zero-order valence-corrected chi connectivity index (χ0v) is 18.7. The molecule has 2 aliphatic heterocycles. The van der Waals surface area contributed by atoms with Crippen LogP contribution in [0.5, 0.6) is 5.75 Å². The van der Waals surface area contributed by atoms with Crippen LogP contribution in [-0.4, -0.2) is 41.6 Å². The number of nitrogens with one attached hydrogen (secondary N) is 1. The van der Waals surface area contributed by atoms with Gasteiger partial charge in [-0.25, -0.2) is 0 Å². The monoisotopic (exact) mass is 435 g/mol. The van der Waals surface area contributed by atoms with Crippen molar-refractivity contribution in [3.8, 4) is 5.75 Å². The third-order valence-electron chi connectivity index (χ3n) is 7.37. The number of hydrogen-bond acceptors (Lipinski definition) is 4. The van der Waals surface area contributed by atoms with Crippen LogP contribution >= 0.6 is 0 Å². The molecule has 1 aliphatic carbocycles. The van der Waals surface area contributed by atoms with Crippen molar-refractivity contribution in [2.24, 2.45) is 11.8 Å². The normalized spacial score (nSPS) is 22.8. The summed E-state index contributed by atoms with van der Waals surface area (Å²) < 4.78 is 7.63. The maximum atomic E-state index is 13.2. The number of fused-ring (bicyclic) bond motifs is 4. The average Bonchev–Trinajstić information content (AvgIpc) is 2.83. The minimum absolute atomic E-state index is 0.0186. The molecule has 0 radical (unpaired) electrons. The fourth-order valence-corrected chi connectivity index (χ4v) is 5.68. The molecular weight excluding hydrogens is 402 g/mol. The van der Waals surface area contributed by atoms with Gasteiger partial charge in [0.2, 0.25) is 0 Å². The lowest BCUT2D eigenvalue weighted by Crippen LogP contribution is -2.50. The van der Waals surface area contributed by atoms with Gasteiger partial charge in [-0.05, 0) is 55.4 Å². The molecule has 3 aliphatic rings. The lowest BCUT2D eigenvalue weighted by molar-refractivity contribution is -0.136. The minimum atomic E-state index is 0.0186. The molecule has 5 rings (SSSR count). The molecule has 1 saturated carbocycles. The van der Waals surface area contributed by atoms with Crippen molar-refractivity contribution in [2.75, 3.05) is 31.6 Å². The predicted molar refractivity (Wildman–Crippen MR) is 125 cm³/mol. The van der Waals surface area contributed by atoms with Crippen molar-refractivity contribution >= 4 is 11.6 Å². The quantitative estimate of drug-likeness (QED) is 0.748. The van der Waals surface area contributed by atoms with Crippen molar-refractivity contribution in [2.45, 2.75) is 51.0 Å². The van der Waals surface area contributed by atoms with Crippen LogP contribution in [0.25, 0.3) is 0 Å². The van der Waals surface area contributed by atoms with Crippen LogP contribution in [0.15, 0.2) is 47.3 Å². The first-order chi connectivity index (χ1) is 15.7. The number of aromatic nitrogens is 1. The lowest BCUT2D eigenvalue weighted by atomic mass is 9.83. The van der Waals surface area contributed by atoms with E-state index in [1.165, 1.54) is 32.1 Å². The highest BCUT2D eigenvalue weighted by atomic mass is 16.5. The molecule has 6 nitrogen and oxygen atoms in total. The average molecular weight is 436 g/mol. The number of pyridine rings is 1. The number of ether oxygens (including phenoxy) is 1. The molecule has 1 N–H and O–H groups in total. The summed E-state index contributed by atoms with van der Waals surface area (Å²) in [5, 5.41) is 3.44. The summed E-state index contributed by atoms with van der Waals surface area (Å²) in [7, 11) is 0. The standard InChI is InChI=1S/C26H33N3O3/c30-25(18-32-22-9-5-2-6-10-22)28-15-20-13-21(17-28)24-12-11-23(26(31)29(24)16-20)27-14-19-7-3-1-4-8-19/h2,5-6,9-12,19-21,27H,1,3-4,7-8,13-18H2/t20-,21+/m0/s1. The molecule has 170 valence electrons. The molecule has 2 fully saturated rings. The second kappa shape index (κ2) is 9.39. The minimum Gasteiger partial charge on any atom is -0.484 e. The molecule has 1 aromatic carbocycles. The second-order valence-corrected chi connectivity index (χ2v) is 9.67. The Hall–Kier alpha value is -2.76. The second-order valence-electron chi connectivity index (χ2n) is 9.67. The summed E-state index contributed by atoms with van der Waals surface area (Å²) >= 11 is 0. The van der Waals surface area contributed by atoms with E-state index in [4.69, 9.17) is 4.74 Å². The highest BCUT2D eigenvalue weighted by Crippen LogP contribution is 2.35. The molecular formula is C26H33N3O3. The molecule has 1 aromatic heterocycles. The van der Waals surface area contributed by atoms with Crippen LogP contribution in [0.1, 0.15) is 50.1 Å². The maximum absolute atomic E-state index is 13.2. The van der Waals surface area contributed by atoms with Gasteiger partial charge >= 0.3 is 0 Å². The Morgan fingerprint density at radius 3 is 2.62 bits per heavy atom. The van der Waals surface area contributed by atoms with Gasteiger partial charge < -0.3 is 19.5 Å². The number of carbonyl (C=O) groups is 1. The van der Waals surface area contributed by atoms with E-state index in [-0.39, 0.29) is 24.0 Å². The van der Waals surface area contributed by atoms with Crippen LogP contribution in [0.4, 0.5) is 5.69 Å². The number of carbonyl (C=O) groups excluding carboxylic acids is 1. The van der Waals surface area contributed by atoms with E-state index in [0.29, 0.717) is 37.2 Å². The predicted octanol–water partition coefficient (Wildman–Crippen LogP) is 3.87. The molecule has 2 atom stereocenters. The number of anilines is 1. The lowest BCUT2D eigenvalue weighted by Gasteiger charge is -2.42. The number of rotatable bonds is 6. The molecule has 2 bridgehead atoms. The number of para-hydroxylation sites is 1. The van der Waals surface area contributed by atoms with Gasteiger partial charge in [-0.3, -0.25) is 9.59 Å². The summed E-state index contributed by atoms with van der Waals surface area (Å²) in [4.78, 5) is 27.9. The molecule has 1 amide bonds. The Labute approximate surface area is 189 Å². The van der Waals surface area contributed by atoms with Crippen molar-refractivity contribution < 1.29 is 9.53 Å². The molecule has 1 saturated heterocycles. The van der Waals surface area contributed by atoms with Crippen molar-refractivity contribution in [1.82, 2.24) is 9.47 Å². The summed E-state index contributed by atoms with van der Waals surface area (Å²) in [5.74, 6) is 1.94. The largest absolute Gasteiger partial charge is 0.484 e. The summed E-state index contributed by atoms with van der Waals surface area (Å²) in [6.07, 6.45) is 7.54. The number of amides is 1. The Balaban J connectivity index is 1.24. The summed E-state index contributed by atoms with van der Waals surface area (Å²) in [6.45, 7) is 2.99. The van der Waals surface area contributed by atoms with Gasteiger partial charge in [0.05, 0.1) is 0 Å². The Kier molecular flexibility index (Phi) is 6.19. The number of benzene rings is 1. The maximum Gasteiger partial charge on any atom is 0.274 e. The fourth-order valence-electron chi connectivity index (χ4n) is 5.68. The van der Waals surface area contributed by atoms with Crippen LogP contribution < -0.4 is 15.6 Å². The third-order valence-corrected chi connectivity index (χ3v) is 7.37. The Morgan fingerprint density at radius 2 is 1.81 bits per heavy atom. The number of nitrogens with zero attached hydrogens (tertiary/aromatic N) is 2. The van der Waals surface area contributed by atoms with Crippen LogP contribution in [0.3, 0.4) is 0 Å². The van der Waals surface area contributed by atoms with E-state index < -0.39 is 0 Å². The third kappa shape index (κ3) is 4.54. The van der Waals surface area contributed by atoms with E-state index in [2.05, 4.69) is 11.4 Å². The fraction of sp³-hybridized carbons (Fsp3) is 0.538. The van der Waals surface area contributed by atoms with Crippen LogP contribution in [0, 0.1) is 11.8 Å². The van der Waals surface area contributed by atoms with Gasteiger partial charge in [0.25, 0.3) is 11.5 Å². The Bertz CT molecular complexity index is 997. The topological polar surface area (TPSA) is 63.6 Å². The highest BCUT2D eigenvalue weighted by molar-refractivity contribution is 5.78. The van der Waals surface area contributed by atoms with Crippen LogP contribution in [0.2, 0.25) is 0 Å². The van der Waals surface area contributed by atoms with E-state index in [0.717, 1.165) is 24.3 Å². The van der Waals surface area contributed by atoms with E-state index in [1.807, 2.05) is 45.9 Å². The zero-order chi connectivity index (χ0) is 21.9. The molecule has 6 heteroatoms. The SMILES string of the molecule is O=C(COc1ccccc1)N1C[C@@H]2C[C@H](C1)c1ccc(NCC3CCCCC3)c(=O)n1C2. The highest BCUT2D eigenvalue weighted by Gasteiger charge is 2.36. The van der Waals surface area contributed by atoms with Crippen LogP contribution in [-0.2, 0) is 11.3 Å². The van der Waals surface area contributed by atoms with Gasteiger partial charge in [-0.15, -0.1) is 0 Å². The summed E-state index contributed by atoms with van der Waals surface area (Å²) in [5.41, 5.74) is 1.89. The van der Waals surface area contributed by atoms with Crippen molar-refractivity contribution in [3.63, 3.8) is 0 Å². The van der Waals surface area contributed by atoms with E-state index in [1.54, 1.807) is 0 Å². The van der Waals surface area contributed by atoms with Gasteiger partial charge in [-0.1, -0.05) is 37.5 Å². The molecule has 0 unspecified atom stereocenters. The summed E-state index contributed by atoms with van der Waals surface area (Å²) in [6, 6.07) is 13.5. The van der Waals surface area contributed by atoms with Gasteiger partial charge in [0, 0.05) is 37.8 Å². The smallest absolute Gasteiger partial charge is 0.274 e. The molecule has 3 heterocycles. The van der Waals surface area contributed by atoms with E-state index >= 15 is 0 Å². The zero-order valence-electron chi connectivity index (χ0n) is 18.7. The molecule has 2 aromatic rings. The van der Waals surface area contributed by atoms with Gasteiger partial charge in [0.15, 0.2) is 6.61 Å². The van der Waals surface area contributed by atoms with Gasteiger partial charge in [0.1, 0.15) is 11.4 Å². The van der Waals surface area contributed by atoms with Crippen molar-refractivity contribution in [1.29, 1.82) is 0 Å². The number of piperidine rings is 1. The number of hydrogen-bond donors (Lipinski definition) is 1. The first kappa shape index (κ1) is 21.1. The van der Waals surface area contributed by atoms with E-state index in [9.17, 15) is 9.59 Å². The van der Waals surface area contributed by atoms with Crippen molar-refractivity contribution in [3.05, 3.63) is 58.5 Å². The first-order valence-corrected chi connectivity index (χ1v) is 12.1. The molecule has 0 spiro atoms. The van der Waals surface area contributed by atoms with Gasteiger partial charge in [-0.2, -0.15) is 0 Å². The first-order valence-electron chi connectivity index (χ1n) is 12.1. The molecule has 32 heavy (non-hydrogen) atoms. The number of likely N-dealkylation sites (tertiary alicyclic amines) is 1. The Morgan fingerprint density at radius 1 is 1.00 bits per heavy atom.